The standard InChI is InChI=1S/C19H17ClN8O2/c1-26-8-22-18-16(26)19(29)28(9-23-18)7-14-24-17(25-30-14)15-12-5-27(6-13(12)15)11-2-10(20)3-21-4-11/h2-4,8-9,12-13,15H,5-7H2,1H3/t12-,13+,15+. The SMILES string of the molecule is Cn1cnc2ncn(Cc3nc([C@H]4[C@@H]5CN(c6cncc(Cl)c6)C[C@@H]54)no3)c(=O)c21. The van der Waals surface area contributed by atoms with E-state index >= 15 is 0 Å². The first-order chi connectivity index (χ1) is 14.6. The van der Waals surface area contributed by atoms with Gasteiger partial charge >= 0.3 is 0 Å². The highest BCUT2D eigenvalue weighted by Crippen LogP contribution is 2.57. The van der Waals surface area contributed by atoms with E-state index in [1.165, 1.54) is 10.9 Å². The van der Waals surface area contributed by atoms with E-state index in [0.29, 0.717) is 45.7 Å². The van der Waals surface area contributed by atoms with Crippen LogP contribution in [0.15, 0.2) is 40.4 Å². The normalized spacial score (nSPS) is 22.6. The molecular formula is C19H17ClN8O2. The molecule has 0 spiro atoms. The van der Waals surface area contributed by atoms with Crippen LogP contribution in [0.5, 0.6) is 0 Å². The maximum Gasteiger partial charge on any atom is 0.280 e. The molecular weight excluding hydrogens is 408 g/mol. The molecule has 4 aromatic rings. The first-order valence-corrected chi connectivity index (χ1v) is 10.0. The van der Waals surface area contributed by atoms with Crippen LogP contribution in [0.25, 0.3) is 11.2 Å². The van der Waals surface area contributed by atoms with E-state index in [1.54, 1.807) is 24.1 Å². The van der Waals surface area contributed by atoms with Gasteiger partial charge in [-0.3, -0.25) is 14.3 Å². The number of rotatable bonds is 4. The smallest absolute Gasteiger partial charge is 0.280 e. The zero-order chi connectivity index (χ0) is 20.4. The van der Waals surface area contributed by atoms with Gasteiger partial charge in [-0.25, -0.2) is 9.97 Å². The van der Waals surface area contributed by atoms with Gasteiger partial charge in [0.1, 0.15) is 12.9 Å². The fraction of sp³-hybridized carbons (Fsp3) is 0.368. The fourth-order valence-corrected chi connectivity index (χ4v) is 4.66. The Morgan fingerprint density at radius 1 is 1.20 bits per heavy atom. The third kappa shape index (κ3) is 2.71. The minimum Gasteiger partial charge on any atom is -0.370 e. The molecule has 2 aliphatic rings. The summed E-state index contributed by atoms with van der Waals surface area (Å²) in [7, 11) is 1.77. The lowest BCUT2D eigenvalue weighted by molar-refractivity contribution is 0.363. The van der Waals surface area contributed by atoms with Crippen molar-refractivity contribution in [3.8, 4) is 0 Å². The van der Waals surface area contributed by atoms with E-state index in [9.17, 15) is 4.79 Å². The van der Waals surface area contributed by atoms with Gasteiger partial charge in [0.15, 0.2) is 17.0 Å². The maximum absolute atomic E-state index is 12.7. The second-order valence-corrected chi connectivity index (χ2v) is 8.31. The molecule has 10 nitrogen and oxygen atoms in total. The molecule has 1 aliphatic heterocycles. The van der Waals surface area contributed by atoms with E-state index in [2.05, 4.69) is 30.0 Å². The highest BCUT2D eigenvalue weighted by atomic mass is 35.5. The van der Waals surface area contributed by atoms with Gasteiger partial charge in [-0.15, -0.1) is 0 Å². The van der Waals surface area contributed by atoms with Crippen molar-refractivity contribution < 1.29 is 4.52 Å². The van der Waals surface area contributed by atoms with E-state index in [-0.39, 0.29) is 12.1 Å². The van der Waals surface area contributed by atoms with Crippen LogP contribution >= 0.6 is 11.6 Å². The molecule has 152 valence electrons. The van der Waals surface area contributed by atoms with Crippen molar-refractivity contribution in [2.45, 2.75) is 12.5 Å². The molecule has 1 aliphatic carbocycles. The predicted octanol–water partition coefficient (Wildman–Crippen LogP) is 1.46. The highest BCUT2D eigenvalue weighted by Gasteiger charge is 2.58. The van der Waals surface area contributed by atoms with Gasteiger partial charge in [0.25, 0.3) is 5.56 Å². The Morgan fingerprint density at radius 2 is 2.00 bits per heavy atom. The summed E-state index contributed by atoms with van der Waals surface area (Å²) < 4.78 is 8.55. The fourth-order valence-electron chi connectivity index (χ4n) is 4.49. The van der Waals surface area contributed by atoms with Crippen molar-refractivity contribution in [3.63, 3.8) is 0 Å². The molecule has 0 aromatic carbocycles. The molecule has 1 saturated carbocycles. The van der Waals surface area contributed by atoms with Gasteiger partial charge in [0.05, 0.1) is 23.2 Å². The van der Waals surface area contributed by atoms with E-state index < -0.39 is 0 Å². The largest absolute Gasteiger partial charge is 0.370 e. The Morgan fingerprint density at radius 3 is 2.80 bits per heavy atom. The van der Waals surface area contributed by atoms with Gasteiger partial charge in [-0.2, -0.15) is 4.98 Å². The van der Waals surface area contributed by atoms with Crippen molar-refractivity contribution in [2.24, 2.45) is 18.9 Å². The lowest BCUT2D eigenvalue weighted by Crippen LogP contribution is -2.24. The molecule has 3 atom stereocenters. The van der Waals surface area contributed by atoms with Crippen LogP contribution in [-0.2, 0) is 13.6 Å². The average molecular weight is 425 g/mol. The summed E-state index contributed by atoms with van der Waals surface area (Å²) in [6, 6.07) is 1.94. The summed E-state index contributed by atoms with van der Waals surface area (Å²) >= 11 is 6.06. The van der Waals surface area contributed by atoms with Crippen LogP contribution in [0.3, 0.4) is 0 Å². The van der Waals surface area contributed by atoms with Gasteiger partial charge in [-0.05, 0) is 17.9 Å². The summed E-state index contributed by atoms with van der Waals surface area (Å²) in [6.07, 6.45) is 6.51. The average Bonchev–Trinajstić information content (AvgIpc) is 3.16. The number of piperidine rings is 1. The zero-order valence-corrected chi connectivity index (χ0v) is 16.8. The Hall–Kier alpha value is -3.27. The second-order valence-electron chi connectivity index (χ2n) is 7.87. The van der Waals surface area contributed by atoms with E-state index in [4.69, 9.17) is 16.1 Å². The van der Waals surface area contributed by atoms with Crippen molar-refractivity contribution >= 4 is 28.5 Å². The molecule has 6 rings (SSSR count). The van der Waals surface area contributed by atoms with Crippen LogP contribution < -0.4 is 10.5 Å². The molecule has 0 N–H and O–H groups in total. The number of aromatic nitrogens is 7. The Balaban J connectivity index is 1.17. The number of aryl methyl sites for hydroxylation is 1. The Bertz CT molecular complexity index is 1320. The summed E-state index contributed by atoms with van der Waals surface area (Å²) in [5.41, 5.74) is 1.73. The van der Waals surface area contributed by atoms with E-state index in [1.807, 2.05) is 12.3 Å². The second kappa shape index (κ2) is 6.36. The monoisotopic (exact) mass is 424 g/mol. The van der Waals surface area contributed by atoms with Crippen molar-refractivity contribution in [3.05, 3.63) is 58.2 Å². The first-order valence-electron chi connectivity index (χ1n) is 9.63. The predicted molar refractivity (Wildman–Crippen MR) is 107 cm³/mol. The summed E-state index contributed by atoms with van der Waals surface area (Å²) in [6.45, 7) is 2.02. The third-order valence-electron chi connectivity index (χ3n) is 6.04. The highest BCUT2D eigenvalue weighted by molar-refractivity contribution is 6.30. The van der Waals surface area contributed by atoms with Gasteiger partial charge in [0.2, 0.25) is 5.89 Å². The van der Waals surface area contributed by atoms with Crippen LogP contribution in [-0.4, -0.2) is 47.3 Å². The number of pyridine rings is 1. The van der Waals surface area contributed by atoms with Crippen molar-refractivity contribution in [1.82, 2.24) is 34.2 Å². The minimum atomic E-state index is -0.186. The molecule has 0 amide bonds. The van der Waals surface area contributed by atoms with Crippen molar-refractivity contribution in [1.29, 1.82) is 0 Å². The minimum absolute atomic E-state index is 0.183. The van der Waals surface area contributed by atoms with Gasteiger partial charge in [0, 0.05) is 32.3 Å². The first kappa shape index (κ1) is 17.6. The molecule has 0 unspecified atom stereocenters. The van der Waals surface area contributed by atoms with Crippen LogP contribution in [0.2, 0.25) is 5.02 Å². The molecule has 4 aromatic heterocycles. The number of anilines is 1. The lowest BCUT2D eigenvalue weighted by atomic mass is 10.2. The maximum atomic E-state index is 12.7. The van der Waals surface area contributed by atoms with Crippen LogP contribution in [0.1, 0.15) is 17.6 Å². The van der Waals surface area contributed by atoms with Gasteiger partial charge < -0.3 is 14.0 Å². The van der Waals surface area contributed by atoms with E-state index in [0.717, 1.165) is 18.8 Å². The summed E-state index contributed by atoms with van der Waals surface area (Å²) in [5.74, 6) is 2.39. The zero-order valence-electron chi connectivity index (χ0n) is 16.0. The molecule has 30 heavy (non-hydrogen) atoms. The number of halogens is 1. The van der Waals surface area contributed by atoms with Crippen molar-refractivity contribution in [2.75, 3.05) is 18.0 Å². The molecule has 0 radical (unpaired) electrons. The molecule has 5 heterocycles. The Kier molecular flexibility index (Phi) is 3.73. The topological polar surface area (TPSA) is 108 Å². The summed E-state index contributed by atoms with van der Waals surface area (Å²) in [4.78, 5) is 32.0. The number of hydrogen-bond donors (Lipinski definition) is 0. The van der Waals surface area contributed by atoms with Gasteiger partial charge in [-0.1, -0.05) is 16.8 Å². The molecule has 1 saturated heterocycles. The lowest BCUT2D eigenvalue weighted by Gasteiger charge is -2.21. The Labute approximate surface area is 175 Å². The third-order valence-corrected chi connectivity index (χ3v) is 6.24. The number of hydrogen-bond acceptors (Lipinski definition) is 8. The van der Waals surface area contributed by atoms with Crippen LogP contribution in [0, 0.1) is 11.8 Å². The quantitative estimate of drug-likeness (QED) is 0.484. The molecule has 2 fully saturated rings. The molecule has 0 bridgehead atoms. The molecule has 11 heteroatoms. The number of imidazole rings is 1. The number of nitrogens with zero attached hydrogens (tertiary/aromatic N) is 8. The summed E-state index contributed by atoms with van der Waals surface area (Å²) in [5, 5.41) is 4.82. The number of fused-ring (bicyclic) bond motifs is 2. The van der Waals surface area contributed by atoms with Crippen LogP contribution in [0.4, 0.5) is 5.69 Å².